The fraction of sp³-hybridized carbons (Fsp3) is 0.0833. The zero-order valence-corrected chi connectivity index (χ0v) is 25.7. The normalized spacial score (nSPS) is 10.0. The van der Waals surface area contributed by atoms with Gasteiger partial charge in [0.2, 0.25) is 0 Å². The van der Waals surface area contributed by atoms with Gasteiger partial charge >= 0.3 is 40.4 Å². The molecule has 6 aromatic carbocycles. The average molecular weight is 706 g/mol. The second kappa shape index (κ2) is 16.5. The van der Waals surface area contributed by atoms with Crippen LogP contribution in [-0.2, 0) is 33.6 Å². The SMILES string of the molecule is O=C([O-])Cc1cccc2ccccc12.O=C([O-])Cc1cccc2ccccc12.O=C([O-])Cc1cccc2ccccc12.[Sm+3]. The van der Waals surface area contributed by atoms with E-state index in [-0.39, 0.29) is 59.7 Å². The molecule has 0 saturated carbocycles. The largest absolute Gasteiger partial charge is 3.00 e. The van der Waals surface area contributed by atoms with Crippen molar-refractivity contribution in [1.82, 2.24) is 0 Å². The van der Waals surface area contributed by atoms with E-state index in [0.717, 1.165) is 49.0 Å². The number of hydrogen-bond acceptors (Lipinski definition) is 6. The minimum atomic E-state index is -1.04. The number of carbonyl (C=O) groups is 3. The number of benzene rings is 6. The first kappa shape index (κ1) is 33.4. The van der Waals surface area contributed by atoms with Gasteiger partial charge in [-0.3, -0.25) is 0 Å². The van der Waals surface area contributed by atoms with Crippen LogP contribution >= 0.6 is 0 Å². The van der Waals surface area contributed by atoms with Crippen molar-refractivity contribution in [2.24, 2.45) is 0 Å². The topological polar surface area (TPSA) is 120 Å². The van der Waals surface area contributed by atoms with E-state index in [2.05, 4.69) is 0 Å². The molecule has 1 radical (unpaired) electrons. The molecule has 0 saturated heterocycles. The molecule has 6 rings (SSSR count). The maximum atomic E-state index is 10.5. The van der Waals surface area contributed by atoms with Crippen LogP contribution in [0.5, 0.6) is 0 Å². The molecule has 0 unspecified atom stereocenters. The predicted molar refractivity (Wildman–Crippen MR) is 158 cm³/mol. The van der Waals surface area contributed by atoms with Gasteiger partial charge in [0.1, 0.15) is 0 Å². The first-order chi connectivity index (χ1) is 20.3. The van der Waals surface area contributed by atoms with Crippen molar-refractivity contribution in [1.29, 1.82) is 0 Å². The van der Waals surface area contributed by atoms with Gasteiger partial charge in [-0.15, -0.1) is 0 Å². The summed E-state index contributed by atoms with van der Waals surface area (Å²) in [5, 5.41) is 37.6. The van der Waals surface area contributed by atoms with Crippen molar-refractivity contribution in [2.75, 3.05) is 0 Å². The van der Waals surface area contributed by atoms with E-state index in [4.69, 9.17) is 0 Å². The molecule has 0 fully saturated rings. The quantitative estimate of drug-likeness (QED) is 0.262. The molecule has 0 amide bonds. The van der Waals surface area contributed by atoms with Crippen LogP contribution in [0.15, 0.2) is 127 Å². The van der Waals surface area contributed by atoms with Crippen LogP contribution in [0.1, 0.15) is 16.7 Å². The van der Waals surface area contributed by atoms with Crippen molar-refractivity contribution >= 4 is 50.2 Å². The molecule has 0 aliphatic rings. The molecule has 0 aromatic heterocycles. The van der Waals surface area contributed by atoms with Crippen molar-refractivity contribution in [3.8, 4) is 0 Å². The van der Waals surface area contributed by atoms with E-state index in [0.29, 0.717) is 0 Å². The van der Waals surface area contributed by atoms with Gasteiger partial charge in [-0.2, -0.15) is 0 Å². The minimum absolute atomic E-state index is 0. The van der Waals surface area contributed by atoms with Gasteiger partial charge in [-0.1, -0.05) is 127 Å². The van der Waals surface area contributed by atoms with E-state index in [9.17, 15) is 29.7 Å². The van der Waals surface area contributed by atoms with Crippen molar-refractivity contribution in [3.05, 3.63) is 144 Å². The molecule has 6 nitrogen and oxygen atoms in total. The third kappa shape index (κ3) is 9.69. The summed E-state index contributed by atoms with van der Waals surface area (Å²) in [7, 11) is 0. The molecule has 0 bridgehead atoms. The van der Waals surface area contributed by atoms with Gasteiger partial charge in [0.25, 0.3) is 0 Å². The Morgan fingerprint density at radius 3 is 0.860 bits per heavy atom. The predicted octanol–water partition coefficient (Wildman–Crippen LogP) is 3.40. The molecule has 6 aromatic rings. The Hall–Kier alpha value is -4.15. The van der Waals surface area contributed by atoms with Crippen LogP contribution in [0.4, 0.5) is 0 Å². The second-order valence-electron chi connectivity index (χ2n) is 9.56. The summed E-state index contributed by atoms with van der Waals surface area (Å²) in [5.74, 6) is -3.12. The number of hydrogen-bond donors (Lipinski definition) is 0. The molecule has 0 aliphatic heterocycles. The van der Waals surface area contributed by atoms with E-state index in [1.54, 1.807) is 0 Å². The molecular weight excluding hydrogens is 679 g/mol. The Kier molecular flexibility index (Phi) is 12.8. The maximum Gasteiger partial charge on any atom is 3.00 e. The molecule has 0 aliphatic carbocycles. The van der Waals surface area contributed by atoms with Crippen LogP contribution in [-0.4, -0.2) is 17.9 Å². The minimum Gasteiger partial charge on any atom is -0.550 e. The van der Waals surface area contributed by atoms with Crippen LogP contribution in [0, 0.1) is 40.4 Å². The van der Waals surface area contributed by atoms with Gasteiger partial charge in [-0.25, -0.2) is 0 Å². The smallest absolute Gasteiger partial charge is 0.550 e. The van der Waals surface area contributed by atoms with E-state index in [1.165, 1.54) is 0 Å². The second-order valence-corrected chi connectivity index (χ2v) is 9.56. The molecular formula is C36H27O6Sm. The molecule has 0 spiro atoms. The van der Waals surface area contributed by atoms with E-state index < -0.39 is 17.9 Å². The molecule has 213 valence electrons. The van der Waals surface area contributed by atoms with Crippen molar-refractivity contribution in [3.63, 3.8) is 0 Å². The zero-order valence-electron chi connectivity index (χ0n) is 23.1. The Balaban J connectivity index is 0.000000175. The van der Waals surface area contributed by atoms with Gasteiger partial charge in [0.05, 0.1) is 0 Å². The molecule has 7 heteroatoms. The monoisotopic (exact) mass is 707 g/mol. The van der Waals surface area contributed by atoms with Crippen molar-refractivity contribution in [2.45, 2.75) is 19.3 Å². The fourth-order valence-electron chi connectivity index (χ4n) is 4.81. The molecule has 0 atom stereocenters. The van der Waals surface area contributed by atoms with E-state index in [1.807, 2.05) is 127 Å². The Morgan fingerprint density at radius 1 is 0.372 bits per heavy atom. The zero-order chi connectivity index (χ0) is 29.9. The number of rotatable bonds is 6. The first-order valence-corrected chi connectivity index (χ1v) is 13.3. The number of carboxylic acid groups (broad SMARTS) is 3. The Bertz CT molecular complexity index is 1630. The standard InChI is InChI=1S/3C12H10O2.Sm/c3*13-12(14)8-10-6-3-5-9-4-1-2-7-11(9)10;/h3*1-7H,8H2,(H,13,14);/q;;;+3/p-3. The summed E-state index contributed by atoms with van der Waals surface area (Å²) in [6.07, 6.45) is -0.0793. The van der Waals surface area contributed by atoms with Gasteiger partial charge in [-0.05, 0) is 49.0 Å². The van der Waals surface area contributed by atoms with Gasteiger partial charge in [0.15, 0.2) is 0 Å². The summed E-state index contributed by atoms with van der Waals surface area (Å²) < 4.78 is 0. The summed E-state index contributed by atoms with van der Waals surface area (Å²) in [6, 6.07) is 40.1. The molecule has 0 heterocycles. The first-order valence-electron chi connectivity index (χ1n) is 13.3. The molecule has 43 heavy (non-hydrogen) atoms. The Labute approximate surface area is 281 Å². The van der Waals surface area contributed by atoms with Crippen LogP contribution in [0.2, 0.25) is 0 Å². The number of fused-ring (bicyclic) bond motifs is 3. The summed E-state index contributed by atoms with van der Waals surface area (Å²) in [5.41, 5.74) is 2.43. The fourth-order valence-corrected chi connectivity index (χ4v) is 4.81. The van der Waals surface area contributed by atoms with Gasteiger partial charge in [0, 0.05) is 37.2 Å². The summed E-state index contributed by atoms with van der Waals surface area (Å²) in [4.78, 5) is 31.5. The third-order valence-corrected chi connectivity index (χ3v) is 6.64. The molecule has 0 N–H and O–H groups in total. The maximum absolute atomic E-state index is 10.5. The third-order valence-electron chi connectivity index (χ3n) is 6.64. The van der Waals surface area contributed by atoms with Gasteiger partial charge < -0.3 is 29.7 Å². The van der Waals surface area contributed by atoms with E-state index >= 15 is 0 Å². The number of carboxylic acids is 3. The summed E-state index contributed by atoms with van der Waals surface area (Å²) in [6.45, 7) is 0. The van der Waals surface area contributed by atoms with Crippen LogP contribution in [0.3, 0.4) is 0 Å². The van der Waals surface area contributed by atoms with Crippen molar-refractivity contribution < 1.29 is 70.1 Å². The Morgan fingerprint density at radius 2 is 0.605 bits per heavy atom. The number of carbonyl (C=O) groups excluding carboxylic acids is 3. The van der Waals surface area contributed by atoms with Crippen LogP contribution in [0.25, 0.3) is 32.3 Å². The summed E-state index contributed by atoms with van der Waals surface area (Å²) >= 11 is 0. The van der Waals surface area contributed by atoms with Crippen LogP contribution < -0.4 is 15.3 Å². The average Bonchev–Trinajstić information content (AvgIpc) is 2.98. The number of aliphatic carboxylic acids is 3.